The van der Waals surface area contributed by atoms with Crippen LogP contribution in [0.25, 0.3) is 21.9 Å². The Bertz CT molecular complexity index is 1400. The molecule has 0 unspecified atom stereocenters. The minimum Gasteiger partial charge on any atom is -0.355 e. The van der Waals surface area contributed by atoms with Crippen molar-refractivity contribution in [1.82, 2.24) is 24.6 Å². The summed E-state index contributed by atoms with van der Waals surface area (Å²) in [6.45, 7) is 4.35. The standard InChI is InChI=1S/C27H29N7O/c1-32-9-6-27(7-10-32)17-34(18-27)25-13-20(5-8-28-25)26(35)31-24-12-22-11-19(3-4-21(22)14-29-24)23-15-30-33(2)16-23/h3-5,8,11-16H,6-7,9-10,17-18H2,1-2H3,(H,29,31,35). The van der Waals surface area contributed by atoms with Crippen molar-refractivity contribution in [3.63, 3.8) is 0 Å². The van der Waals surface area contributed by atoms with E-state index in [1.807, 2.05) is 37.6 Å². The molecule has 2 aliphatic heterocycles. The monoisotopic (exact) mass is 467 g/mol. The second-order valence-corrected chi connectivity index (χ2v) is 10.1. The quantitative estimate of drug-likeness (QED) is 0.492. The van der Waals surface area contributed by atoms with Crippen LogP contribution in [0, 0.1) is 5.41 Å². The third kappa shape index (κ3) is 4.25. The van der Waals surface area contributed by atoms with Crippen molar-refractivity contribution >= 4 is 28.3 Å². The number of rotatable bonds is 4. The van der Waals surface area contributed by atoms with Gasteiger partial charge in [0.15, 0.2) is 0 Å². The molecule has 8 heteroatoms. The van der Waals surface area contributed by atoms with Gasteiger partial charge in [-0.1, -0.05) is 12.1 Å². The van der Waals surface area contributed by atoms with Crippen LogP contribution in [-0.4, -0.2) is 63.8 Å². The molecule has 8 nitrogen and oxygen atoms in total. The fraction of sp³-hybridized carbons (Fsp3) is 0.333. The zero-order chi connectivity index (χ0) is 24.0. The first-order chi connectivity index (χ1) is 17.0. The van der Waals surface area contributed by atoms with Crippen LogP contribution in [0.15, 0.2) is 61.2 Å². The molecule has 1 aromatic carbocycles. The molecule has 0 radical (unpaired) electrons. The maximum absolute atomic E-state index is 13.0. The average Bonchev–Trinajstić information content (AvgIpc) is 3.29. The van der Waals surface area contributed by atoms with Crippen LogP contribution in [0.1, 0.15) is 23.2 Å². The van der Waals surface area contributed by atoms with Crippen molar-refractivity contribution in [2.75, 3.05) is 43.4 Å². The number of aromatic nitrogens is 4. The normalized spacial score (nSPS) is 17.5. The van der Waals surface area contributed by atoms with E-state index in [9.17, 15) is 4.79 Å². The van der Waals surface area contributed by atoms with E-state index in [1.165, 1.54) is 12.8 Å². The molecule has 4 aromatic rings. The minimum absolute atomic E-state index is 0.182. The van der Waals surface area contributed by atoms with Crippen LogP contribution in [-0.2, 0) is 7.05 Å². The van der Waals surface area contributed by atoms with Gasteiger partial charge in [-0.15, -0.1) is 0 Å². The van der Waals surface area contributed by atoms with Crippen LogP contribution in [0.3, 0.4) is 0 Å². The topological polar surface area (TPSA) is 79.2 Å². The molecule has 0 aliphatic carbocycles. The molecule has 3 aromatic heterocycles. The highest BCUT2D eigenvalue weighted by molar-refractivity contribution is 6.05. The van der Waals surface area contributed by atoms with Gasteiger partial charge in [0.25, 0.3) is 5.91 Å². The van der Waals surface area contributed by atoms with E-state index >= 15 is 0 Å². The number of fused-ring (bicyclic) bond motifs is 1. The SMILES string of the molecule is CN1CCC2(CC1)CN(c1cc(C(=O)Nc3cc4cc(-c5cnn(C)c5)ccc4cn3)ccn1)C2. The molecule has 2 saturated heterocycles. The third-order valence-corrected chi connectivity index (χ3v) is 7.43. The van der Waals surface area contributed by atoms with E-state index in [0.717, 1.165) is 53.9 Å². The molecule has 0 saturated carbocycles. The molecule has 6 rings (SSSR count). The fourth-order valence-electron chi connectivity index (χ4n) is 5.21. The molecule has 1 spiro atoms. The molecule has 1 amide bonds. The number of carbonyl (C=O) groups excluding carboxylic acids is 1. The highest BCUT2D eigenvalue weighted by atomic mass is 16.1. The van der Waals surface area contributed by atoms with E-state index in [1.54, 1.807) is 23.1 Å². The molecule has 5 heterocycles. The third-order valence-electron chi connectivity index (χ3n) is 7.43. The van der Waals surface area contributed by atoms with Crippen LogP contribution in [0.4, 0.5) is 11.6 Å². The number of aryl methyl sites for hydroxylation is 1. The van der Waals surface area contributed by atoms with Crippen molar-refractivity contribution < 1.29 is 4.79 Å². The maximum Gasteiger partial charge on any atom is 0.257 e. The molecule has 35 heavy (non-hydrogen) atoms. The van der Waals surface area contributed by atoms with Gasteiger partial charge in [0.2, 0.25) is 0 Å². The Hall–Kier alpha value is -3.78. The Morgan fingerprint density at radius 1 is 0.943 bits per heavy atom. The summed E-state index contributed by atoms with van der Waals surface area (Å²) in [6.07, 6.45) is 9.80. The number of likely N-dealkylation sites (tertiary alicyclic amines) is 1. The van der Waals surface area contributed by atoms with Gasteiger partial charge >= 0.3 is 0 Å². The molecule has 0 bridgehead atoms. The van der Waals surface area contributed by atoms with Gasteiger partial charge in [0, 0.05) is 60.7 Å². The second kappa shape index (κ2) is 8.46. The van der Waals surface area contributed by atoms with Gasteiger partial charge in [-0.25, -0.2) is 9.97 Å². The van der Waals surface area contributed by atoms with E-state index in [2.05, 4.69) is 49.4 Å². The zero-order valence-corrected chi connectivity index (χ0v) is 20.1. The summed E-state index contributed by atoms with van der Waals surface area (Å²) in [5.41, 5.74) is 3.13. The largest absolute Gasteiger partial charge is 0.355 e. The van der Waals surface area contributed by atoms with Crippen molar-refractivity contribution in [3.05, 3.63) is 66.7 Å². The summed E-state index contributed by atoms with van der Waals surface area (Å²) in [5.74, 6) is 1.21. The van der Waals surface area contributed by atoms with E-state index in [0.29, 0.717) is 16.8 Å². The van der Waals surface area contributed by atoms with E-state index in [-0.39, 0.29) is 5.91 Å². The van der Waals surface area contributed by atoms with Gasteiger partial charge in [-0.05, 0) is 68.2 Å². The highest BCUT2D eigenvalue weighted by Crippen LogP contribution is 2.41. The Morgan fingerprint density at radius 2 is 1.77 bits per heavy atom. The van der Waals surface area contributed by atoms with Crippen LogP contribution < -0.4 is 10.2 Å². The summed E-state index contributed by atoms with van der Waals surface area (Å²) < 4.78 is 1.79. The van der Waals surface area contributed by atoms with E-state index < -0.39 is 0 Å². The van der Waals surface area contributed by atoms with Gasteiger partial charge in [-0.2, -0.15) is 5.10 Å². The first-order valence-electron chi connectivity index (χ1n) is 12.1. The van der Waals surface area contributed by atoms with Crippen molar-refractivity contribution in [3.8, 4) is 11.1 Å². The van der Waals surface area contributed by atoms with Gasteiger partial charge in [0.05, 0.1) is 6.20 Å². The lowest BCUT2D eigenvalue weighted by Gasteiger charge is -2.54. The highest BCUT2D eigenvalue weighted by Gasteiger charge is 2.44. The van der Waals surface area contributed by atoms with Crippen molar-refractivity contribution in [1.29, 1.82) is 0 Å². The number of nitrogens with one attached hydrogen (secondary N) is 1. The first-order valence-corrected chi connectivity index (χ1v) is 12.1. The first kappa shape index (κ1) is 21.7. The Balaban J connectivity index is 1.17. The smallest absolute Gasteiger partial charge is 0.257 e. The number of amides is 1. The predicted molar refractivity (Wildman–Crippen MR) is 138 cm³/mol. The molecule has 2 aliphatic rings. The summed E-state index contributed by atoms with van der Waals surface area (Å²) in [4.78, 5) is 26.7. The molecule has 178 valence electrons. The van der Waals surface area contributed by atoms with Crippen molar-refractivity contribution in [2.45, 2.75) is 12.8 Å². The van der Waals surface area contributed by atoms with E-state index in [4.69, 9.17) is 0 Å². The Kier molecular flexibility index (Phi) is 5.25. The molecular formula is C27H29N7O. The number of carbonyl (C=O) groups is 1. The summed E-state index contributed by atoms with van der Waals surface area (Å²) in [5, 5.41) is 9.24. The number of pyridine rings is 2. The molecule has 1 N–H and O–H groups in total. The fourth-order valence-corrected chi connectivity index (χ4v) is 5.21. The number of hydrogen-bond acceptors (Lipinski definition) is 6. The van der Waals surface area contributed by atoms with Gasteiger partial charge in [-0.3, -0.25) is 9.48 Å². The molecule has 2 fully saturated rings. The van der Waals surface area contributed by atoms with Gasteiger partial charge in [0.1, 0.15) is 11.6 Å². The number of nitrogens with zero attached hydrogens (tertiary/aromatic N) is 6. The number of piperidine rings is 1. The summed E-state index contributed by atoms with van der Waals surface area (Å²) in [7, 11) is 4.10. The second-order valence-electron chi connectivity index (χ2n) is 10.1. The minimum atomic E-state index is -0.182. The van der Waals surface area contributed by atoms with Crippen LogP contribution >= 0.6 is 0 Å². The number of anilines is 2. The number of benzene rings is 1. The average molecular weight is 468 g/mol. The summed E-state index contributed by atoms with van der Waals surface area (Å²) >= 11 is 0. The summed E-state index contributed by atoms with van der Waals surface area (Å²) in [6, 6.07) is 11.7. The van der Waals surface area contributed by atoms with Crippen LogP contribution in [0.2, 0.25) is 0 Å². The molecular weight excluding hydrogens is 438 g/mol. The Labute approximate surface area is 204 Å². The zero-order valence-electron chi connectivity index (χ0n) is 20.1. The lowest BCUT2D eigenvalue weighted by molar-refractivity contribution is 0.0900. The predicted octanol–water partition coefficient (Wildman–Crippen LogP) is 3.81. The van der Waals surface area contributed by atoms with Gasteiger partial charge < -0.3 is 15.1 Å². The van der Waals surface area contributed by atoms with Crippen LogP contribution in [0.5, 0.6) is 0 Å². The lowest BCUT2D eigenvalue weighted by Crippen LogP contribution is -2.60. The van der Waals surface area contributed by atoms with Crippen molar-refractivity contribution in [2.24, 2.45) is 12.5 Å². The maximum atomic E-state index is 13.0. The molecule has 0 atom stereocenters. The Morgan fingerprint density at radius 3 is 2.54 bits per heavy atom. The number of hydrogen-bond donors (Lipinski definition) is 1. The lowest BCUT2D eigenvalue weighted by atomic mass is 9.72.